The van der Waals surface area contributed by atoms with Crippen LogP contribution in [0.15, 0.2) is 35.8 Å². The number of nitrogens with one attached hydrogen (secondary N) is 1. The van der Waals surface area contributed by atoms with E-state index in [-0.39, 0.29) is 5.82 Å². The van der Waals surface area contributed by atoms with Crippen molar-refractivity contribution in [3.8, 4) is 0 Å². The van der Waals surface area contributed by atoms with Crippen molar-refractivity contribution in [3.63, 3.8) is 0 Å². The summed E-state index contributed by atoms with van der Waals surface area (Å²) in [6, 6.07) is 3.59. The monoisotopic (exact) mass is 391 g/mol. The van der Waals surface area contributed by atoms with Crippen LogP contribution in [0.4, 0.5) is 14.5 Å². The summed E-state index contributed by atoms with van der Waals surface area (Å²) in [5, 5.41) is 10.9. The van der Waals surface area contributed by atoms with Crippen LogP contribution in [0.2, 0.25) is 0 Å². The van der Waals surface area contributed by atoms with Gasteiger partial charge in [-0.2, -0.15) is 0 Å². The maximum Gasteiger partial charge on any atom is 0.194 e. The summed E-state index contributed by atoms with van der Waals surface area (Å²) in [7, 11) is 0. The number of unbranched alkanes of at least 4 members (excludes halogenated alkanes) is 1. The second-order valence-corrected chi connectivity index (χ2v) is 6.71. The largest absolute Gasteiger partial charge is 0.366 e. The van der Waals surface area contributed by atoms with Crippen molar-refractivity contribution >= 4 is 11.6 Å². The molecule has 0 amide bonds. The molecule has 1 saturated heterocycles. The zero-order valence-corrected chi connectivity index (χ0v) is 16.2. The smallest absolute Gasteiger partial charge is 0.194 e. The van der Waals surface area contributed by atoms with E-state index >= 15 is 0 Å². The molecule has 0 saturated carbocycles. The first-order valence-electron chi connectivity index (χ1n) is 9.73. The number of hydrogen-bond donors (Lipinski definition) is 1. The molecule has 9 heteroatoms. The molecule has 2 aromatic rings. The molecule has 0 radical (unpaired) electrons. The van der Waals surface area contributed by atoms with Crippen LogP contribution in [0.5, 0.6) is 0 Å². The Labute approximate surface area is 164 Å². The molecule has 2 heterocycles. The highest BCUT2D eigenvalue weighted by Gasteiger charge is 2.21. The average molecular weight is 391 g/mol. The third-order valence-electron chi connectivity index (χ3n) is 4.72. The van der Waals surface area contributed by atoms with Gasteiger partial charge in [-0.15, -0.1) is 10.2 Å². The SMILES string of the molecule is CCNC(=NCCCCn1cnnc1)N1CCN(c2cc(F)ccc2F)CC1. The van der Waals surface area contributed by atoms with Crippen LogP contribution in [0.1, 0.15) is 19.8 Å². The lowest BCUT2D eigenvalue weighted by molar-refractivity contribution is 0.370. The molecule has 0 unspecified atom stereocenters. The third-order valence-corrected chi connectivity index (χ3v) is 4.72. The number of hydrogen-bond acceptors (Lipinski definition) is 4. The van der Waals surface area contributed by atoms with Crippen molar-refractivity contribution in [1.29, 1.82) is 0 Å². The van der Waals surface area contributed by atoms with E-state index in [2.05, 4.69) is 20.4 Å². The summed E-state index contributed by atoms with van der Waals surface area (Å²) in [4.78, 5) is 8.79. The number of nitrogens with zero attached hydrogens (tertiary/aromatic N) is 6. The predicted octanol–water partition coefficient (Wildman–Crippen LogP) is 2.12. The molecule has 1 aromatic heterocycles. The summed E-state index contributed by atoms with van der Waals surface area (Å²) < 4.78 is 29.4. The minimum Gasteiger partial charge on any atom is -0.366 e. The Kier molecular flexibility index (Phi) is 7.16. The Morgan fingerprint density at radius 2 is 1.86 bits per heavy atom. The van der Waals surface area contributed by atoms with Crippen LogP contribution < -0.4 is 10.2 Å². The number of benzene rings is 1. The number of aromatic nitrogens is 3. The first kappa shape index (κ1) is 20.0. The van der Waals surface area contributed by atoms with E-state index in [4.69, 9.17) is 4.99 Å². The molecule has 7 nitrogen and oxygen atoms in total. The van der Waals surface area contributed by atoms with E-state index < -0.39 is 5.82 Å². The van der Waals surface area contributed by atoms with Gasteiger partial charge in [0.2, 0.25) is 0 Å². The number of aliphatic imine (C=N–C) groups is 1. The van der Waals surface area contributed by atoms with Gasteiger partial charge in [0.15, 0.2) is 5.96 Å². The molecular formula is C19H27F2N7. The van der Waals surface area contributed by atoms with Crippen molar-refractivity contribution in [2.75, 3.05) is 44.2 Å². The molecule has 28 heavy (non-hydrogen) atoms. The molecule has 1 N–H and O–H groups in total. The fourth-order valence-electron chi connectivity index (χ4n) is 3.24. The van der Waals surface area contributed by atoms with E-state index in [0.717, 1.165) is 44.5 Å². The lowest BCUT2D eigenvalue weighted by Gasteiger charge is -2.37. The molecule has 1 aromatic carbocycles. The van der Waals surface area contributed by atoms with Gasteiger partial charge in [0.05, 0.1) is 5.69 Å². The fourth-order valence-corrected chi connectivity index (χ4v) is 3.24. The minimum absolute atomic E-state index is 0.329. The first-order chi connectivity index (χ1) is 13.7. The highest BCUT2D eigenvalue weighted by molar-refractivity contribution is 5.80. The van der Waals surface area contributed by atoms with Gasteiger partial charge in [-0.05, 0) is 31.9 Å². The number of anilines is 1. The zero-order valence-electron chi connectivity index (χ0n) is 16.2. The highest BCUT2D eigenvalue weighted by atomic mass is 19.1. The summed E-state index contributed by atoms with van der Waals surface area (Å²) in [5.41, 5.74) is 0.329. The number of rotatable bonds is 7. The summed E-state index contributed by atoms with van der Waals surface area (Å²) in [6.07, 6.45) is 5.41. The van der Waals surface area contributed by atoms with E-state index in [1.807, 2.05) is 16.4 Å². The van der Waals surface area contributed by atoms with E-state index in [9.17, 15) is 8.78 Å². The molecule has 0 bridgehead atoms. The molecule has 3 rings (SSSR count). The summed E-state index contributed by atoms with van der Waals surface area (Å²) in [6.45, 7) is 7.13. The quantitative estimate of drug-likeness (QED) is 0.445. The predicted molar refractivity (Wildman–Crippen MR) is 105 cm³/mol. The standard InChI is InChI=1S/C19H27F2N7/c1-2-22-19(23-7-3-4-8-26-14-24-25-15-26)28-11-9-27(10-12-28)18-13-16(20)5-6-17(18)21/h5-6,13-15H,2-4,7-12H2,1H3,(H,22,23). The number of piperazine rings is 1. The van der Waals surface area contributed by atoms with Gasteiger partial charge >= 0.3 is 0 Å². The molecule has 0 atom stereocenters. The molecule has 0 spiro atoms. The highest BCUT2D eigenvalue weighted by Crippen LogP contribution is 2.21. The van der Waals surface area contributed by atoms with Crippen molar-refractivity contribution in [2.24, 2.45) is 4.99 Å². The molecule has 152 valence electrons. The molecule has 1 fully saturated rings. The van der Waals surface area contributed by atoms with Gasteiger partial charge in [0, 0.05) is 51.9 Å². The Morgan fingerprint density at radius 3 is 2.57 bits per heavy atom. The van der Waals surface area contributed by atoms with Crippen LogP contribution in [0.25, 0.3) is 0 Å². The molecular weight excluding hydrogens is 364 g/mol. The maximum absolute atomic E-state index is 14.0. The number of aryl methyl sites for hydroxylation is 1. The maximum atomic E-state index is 14.0. The Bertz CT molecular complexity index is 756. The van der Waals surface area contributed by atoms with Crippen LogP contribution in [0.3, 0.4) is 0 Å². The van der Waals surface area contributed by atoms with E-state index in [1.54, 1.807) is 12.7 Å². The summed E-state index contributed by atoms with van der Waals surface area (Å²) >= 11 is 0. The zero-order chi connectivity index (χ0) is 19.8. The Balaban J connectivity index is 1.50. The van der Waals surface area contributed by atoms with Gasteiger partial charge < -0.3 is 19.7 Å². The topological polar surface area (TPSA) is 61.6 Å². The fraction of sp³-hybridized carbons (Fsp3) is 0.526. The molecule has 0 aliphatic carbocycles. The third kappa shape index (κ3) is 5.40. The van der Waals surface area contributed by atoms with E-state index in [0.29, 0.717) is 31.9 Å². The van der Waals surface area contributed by atoms with E-state index in [1.165, 1.54) is 12.1 Å². The first-order valence-corrected chi connectivity index (χ1v) is 9.73. The van der Waals surface area contributed by atoms with Gasteiger partial charge in [0.1, 0.15) is 24.3 Å². The van der Waals surface area contributed by atoms with Crippen molar-refractivity contribution in [3.05, 3.63) is 42.5 Å². The normalized spacial score (nSPS) is 15.2. The van der Waals surface area contributed by atoms with Crippen LogP contribution >= 0.6 is 0 Å². The number of guanidine groups is 1. The van der Waals surface area contributed by atoms with Crippen LogP contribution in [-0.4, -0.2) is 64.9 Å². The van der Waals surface area contributed by atoms with Gasteiger partial charge in [-0.25, -0.2) is 8.78 Å². The van der Waals surface area contributed by atoms with Gasteiger partial charge in [0.25, 0.3) is 0 Å². The van der Waals surface area contributed by atoms with Crippen LogP contribution in [0, 0.1) is 11.6 Å². The van der Waals surface area contributed by atoms with Crippen molar-refractivity contribution in [1.82, 2.24) is 25.0 Å². The lowest BCUT2D eigenvalue weighted by atomic mass is 10.2. The Hall–Kier alpha value is -2.71. The van der Waals surface area contributed by atoms with Crippen LogP contribution in [-0.2, 0) is 6.54 Å². The number of halogens is 2. The van der Waals surface area contributed by atoms with Crippen molar-refractivity contribution < 1.29 is 8.78 Å². The second-order valence-electron chi connectivity index (χ2n) is 6.71. The van der Waals surface area contributed by atoms with Crippen molar-refractivity contribution in [2.45, 2.75) is 26.3 Å². The van der Waals surface area contributed by atoms with Gasteiger partial charge in [-0.1, -0.05) is 0 Å². The second kappa shape index (κ2) is 10.0. The molecule has 1 aliphatic rings. The van der Waals surface area contributed by atoms with Gasteiger partial charge in [-0.3, -0.25) is 4.99 Å². The Morgan fingerprint density at radius 1 is 1.11 bits per heavy atom. The average Bonchev–Trinajstić information content (AvgIpc) is 3.22. The summed E-state index contributed by atoms with van der Waals surface area (Å²) in [5.74, 6) is 0.0786. The molecule has 1 aliphatic heterocycles. The minimum atomic E-state index is -0.416. The lowest BCUT2D eigenvalue weighted by Crippen LogP contribution is -2.52.